The fraction of sp³-hybridized carbons (Fsp3) is 0.273. The zero-order chi connectivity index (χ0) is 10.1. The Labute approximate surface area is 96.1 Å². The molecule has 0 aliphatic heterocycles. The molecule has 74 valence electrons. The first-order chi connectivity index (χ1) is 6.70. The lowest BCUT2D eigenvalue weighted by molar-refractivity contribution is 0.790. The number of hydrogen-bond acceptors (Lipinski definition) is 2. The highest BCUT2D eigenvalue weighted by molar-refractivity contribution is 9.10. The summed E-state index contributed by atoms with van der Waals surface area (Å²) in [5.74, 6) is 0.464. The van der Waals surface area contributed by atoms with Gasteiger partial charge in [0.15, 0.2) is 0 Å². The molecular formula is C11H12BrNS. The number of thiophene rings is 1. The van der Waals surface area contributed by atoms with E-state index in [4.69, 9.17) is 5.73 Å². The van der Waals surface area contributed by atoms with Crippen LogP contribution in [0.2, 0.25) is 0 Å². The van der Waals surface area contributed by atoms with Gasteiger partial charge in [0.2, 0.25) is 0 Å². The Bertz CT molecular complexity index is 449. The average molecular weight is 270 g/mol. The molecule has 2 rings (SSSR count). The molecule has 1 unspecified atom stereocenters. The lowest BCUT2D eigenvalue weighted by Crippen LogP contribution is -2.06. The number of benzene rings is 1. The monoisotopic (exact) mass is 269 g/mol. The second-order valence-corrected chi connectivity index (χ2v) is 5.50. The van der Waals surface area contributed by atoms with Crippen LogP contribution >= 0.6 is 27.3 Å². The highest BCUT2D eigenvalue weighted by atomic mass is 79.9. The SMILES string of the molecule is CC(CN)c1cc2cc(Br)ccc2s1. The van der Waals surface area contributed by atoms with Crippen molar-refractivity contribution < 1.29 is 0 Å². The molecule has 1 atom stereocenters. The molecule has 0 aliphatic carbocycles. The summed E-state index contributed by atoms with van der Waals surface area (Å²) in [6, 6.07) is 8.62. The Hall–Kier alpha value is -0.380. The Morgan fingerprint density at radius 1 is 1.43 bits per heavy atom. The quantitative estimate of drug-likeness (QED) is 0.884. The van der Waals surface area contributed by atoms with Gasteiger partial charge < -0.3 is 5.73 Å². The third-order valence-electron chi connectivity index (χ3n) is 2.34. The van der Waals surface area contributed by atoms with Crippen molar-refractivity contribution in [2.75, 3.05) is 6.54 Å². The summed E-state index contributed by atoms with van der Waals surface area (Å²) in [5, 5.41) is 1.31. The maximum absolute atomic E-state index is 5.65. The molecule has 1 heterocycles. The first kappa shape index (κ1) is 10.1. The van der Waals surface area contributed by atoms with Crippen molar-refractivity contribution in [1.82, 2.24) is 0 Å². The van der Waals surface area contributed by atoms with Gasteiger partial charge >= 0.3 is 0 Å². The molecule has 1 nitrogen and oxygen atoms in total. The van der Waals surface area contributed by atoms with E-state index >= 15 is 0 Å². The smallest absolute Gasteiger partial charge is 0.0346 e. The van der Waals surface area contributed by atoms with Crippen LogP contribution in [0.4, 0.5) is 0 Å². The van der Waals surface area contributed by atoms with Crippen LogP contribution < -0.4 is 5.73 Å². The van der Waals surface area contributed by atoms with Gasteiger partial charge in [0.1, 0.15) is 0 Å². The van der Waals surface area contributed by atoms with E-state index in [0.717, 1.165) is 4.47 Å². The lowest BCUT2D eigenvalue weighted by Gasteiger charge is -2.02. The predicted octanol–water partition coefficient (Wildman–Crippen LogP) is 3.73. The Kier molecular flexibility index (Phi) is 2.91. The maximum Gasteiger partial charge on any atom is 0.0346 e. The van der Waals surface area contributed by atoms with Crippen LogP contribution in [0.3, 0.4) is 0 Å². The molecule has 2 N–H and O–H groups in total. The molecule has 2 aromatic rings. The van der Waals surface area contributed by atoms with Gasteiger partial charge in [0.25, 0.3) is 0 Å². The van der Waals surface area contributed by atoms with E-state index in [-0.39, 0.29) is 0 Å². The zero-order valence-electron chi connectivity index (χ0n) is 7.96. The van der Waals surface area contributed by atoms with Gasteiger partial charge in [-0.3, -0.25) is 0 Å². The molecule has 0 aliphatic rings. The summed E-state index contributed by atoms with van der Waals surface area (Å²) >= 11 is 5.31. The number of rotatable bonds is 2. The van der Waals surface area contributed by atoms with Gasteiger partial charge in [-0.15, -0.1) is 11.3 Å². The predicted molar refractivity (Wildman–Crippen MR) is 67.0 cm³/mol. The molecule has 14 heavy (non-hydrogen) atoms. The Morgan fingerprint density at radius 2 is 2.21 bits per heavy atom. The first-order valence-corrected chi connectivity index (χ1v) is 6.20. The normalized spacial score (nSPS) is 13.4. The summed E-state index contributed by atoms with van der Waals surface area (Å²) in [7, 11) is 0. The van der Waals surface area contributed by atoms with E-state index in [9.17, 15) is 0 Å². The van der Waals surface area contributed by atoms with Gasteiger partial charge in [-0.25, -0.2) is 0 Å². The van der Waals surface area contributed by atoms with Crippen molar-refractivity contribution in [3.63, 3.8) is 0 Å². The van der Waals surface area contributed by atoms with E-state index < -0.39 is 0 Å². The topological polar surface area (TPSA) is 26.0 Å². The number of fused-ring (bicyclic) bond motifs is 1. The highest BCUT2D eigenvalue weighted by Gasteiger charge is 2.07. The van der Waals surface area contributed by atoms with Crippen LogP contribution in [0.25, 0.3) is 10.1 Å². The standard InChI is InChI=1S/C11H12BrNS/c1-7(6-13)11-5-8-4-9(12)2-3-10(8)14-11/h2-5,7H,6,13H2,1H3. The van der Waals surface area contributed by atoms with Crippen molar-refractivity contribution in [3.05, 3.63) is 33.6 Å². The summed E-state index contributed by atoms with van der Waals surface area (Å²) < 4.78 is 2.47. The van der Waals surface area contributed by atoms with E-state index in [2.05, 4.69) is 47.1 Å². The van der Waals surface area contributed by atoms with Gasteiger partial charge in [-0.2, -0.15) is 0 Å². The fourth-order valence-electron chi connectivity index (χ4n) is 1.39. The van der Waals surface area contributed by atoms with Gasteiger partial charge in [-0.1, -0.05) is 22.9 Å². The van der Waals surface area contributed by atoms with Crippen LogP contribution in [0.5, 0.6) is 0 Å². The number of hydrogen-bond donors (Lipinski definition) is 1. The van der Waals surface area contributed by atoms with Crippen LogP contribution in [-0.2, 0) is 0 Å². The Balaban J connectivity index is 2.51. The summed E-state index contributed by atoms with van der Waals surface area (Å²) in [5.41, 5.74) is 5.65. The minimum Gasteiger partial charge on any atom is -0.330 e. The van der Waals surface area contributed by atoms with E-state index in [1.54, 1.807) is 0 Å². The van der Waals surface area contributed by atoms with Crippen LogP contribution in [0.1, 0.15) is 17.7 Å². The minimum atomic E-state index is 0.464. The minimum absolute atomic E-state index is 0.464. The van der Waals surface area contributed by atoms with Crippen molar-refractivity contribution >= 4 is 37.4 Å². The molecule has 0 saturated heterocycles. The molecule has 1 aromatic heterocycles. The first-order valence-electron chi connectivity index (χ1n) is 4.60. The molecular weight excluding hydrogens is 258 g/mol. The third-order valence-corrected chi connectivity index (χ3v) is 4.18. The molecule has 0 fully saturated rings. The molecule has 0 amide bonds. The molecule has 0 bridgehead atoms. The largest absolute Gasteiger partial charge is 0.330 e. The summed E-state index contributed by atoms with van der Waals surface area (Å²) in [6.45, 7) is 2.88. The zero-order valence-corrected chi connectivity index (χ0v) is 10.4. The van der Waals surface area contributed by atoms with Crippen LogP contribution in [0, 0.1) is 0 Å². The van der Waals surface area contributed by atoms with Gasteiger partial charge in [0, 0.05) is 20.0 Å². The van der Waals surface area contributed by atoms with E-state index in [1.165, 1.54) is 15.0 Å². The van der Waals surface area contributed by atoms with Crippen molar-refractivity contribution in [2.45, 2.75) is 12.8 Å². The Morgan fingerprint density at radius 3 is 2.93 bits per heavy atom. The summed E-state index contributed by atoms with van der Waals surface area (Å²) in [6.07, 6.45) is 0. The van der Waals surface area contributed by atoms with Crippen LogP contribution in [-0.4, -0.2) is 6.54 Å². The van der Waals surface area contributed by atoms with Crippen LogP contribution in [0.15, 0.2) is 28.7 Å². The van der Waals surface area contributed by atoms with E-state index in [1.807, 2.05) is 11.3 Å². The average Bonchev–Trinajstić information content (AvgIpc) is 2.59. The number of nitrogens with two attached hydrogens (primary N) is 1. The van der Waals surface area contributed by atoms with Crippen molar-refractivity contribution in [1.29, 1.82) is 0 Å². The fourth-order valence-corrected chi connectivity index (χ4v) is 2.88. The third kappa shape index (κ3) is 1.85. The number of halogens is 1. The van der Waals surface area contributed by atoms with Crippen molar-refractivity contribution in [2.24, 2.45) is 5.73 Å². The molecule has 1 aromatic carbocycles. The summed E-state index contributed by atoms with van der Waals surface area (Å²) in [4.78, 5) is 1.38. The molecule has 0 spiro atoms. The van der Waals surface area contributed by atoms with Gasteiger partial charge in [0.05, 0.1) is 0 Å². The van der Waals surface area contributed by atoms with Gasteiger partial charge in [-0.05, 0) is 36.2 Å². The van der Waals surface area contributed by atoms with Crippen molar-refractivity contribution in [3.8, 4) is 0 Å². The molecule has 0 saturated carbocycles. The lowest BCUT2D eigenvalue weighted by atomic mass is 10.1. The molecule has 0 radical (unpaired) electrons. The highest BCUT2D eigenvalue weighted by Crippen LogP contribution is 2.31. The van der Waals surface area contributed by atoms with E-state index in [0.29, 0.717) is 12.5 Å². The maximum atomic E-state index is 5.65. The second-order valence-electron chi connectivity index (χ2n) is 3.47. The molecule has 3 heteroatoms. The second kappa shape index (κ2) is 4.01.